The van der Waals surface area contributed by atoms with Crippen LogP contribution < -0.4 is 0 Å². The van der Waals surface area contributed by atoms with Crippen LogP contribution in [-0.4, -0.2) is 7.85 Å². The van der Waals surface area contributed by atoms with Crippen molar-refractivity contribution in [3.8, 4) is 11.1 Å². The van der Waals surface area contributed by atoms with Crippen molar-refractivity contribution in [2.45, 2.75) is 5.31 Å². The molecule has 0 unspecified atom stereocenters. The average molecular weight is 281 g/mol. The van der Waals surface area contributed by atoms with E-state index in [4.69, 9.17) is 7.85 Å². The second kappa shape index (κ2) is 3.88. The van der Waals surface area contributed by atoms with Gasteiger partial charge in [0.25, 0.3) is 0 Å². The summed E-state index contributed by atoms with van der Waals surface area (Å²) < 4.78 is 1.10. The van der Waals surface area contributed by atoms with E-state index in [-0.39, 0.29) is 5.31 Å². The van der Waals surface area contributed by atoms with Crippen molar-refractivity contribution in [1.29, 1.82) is 0 Å². The van der Waals surface area contributed by atoms with Crippen LogP contribution in [-0.2, 0) is 5.31 Å². The van der Waals surface area contributed by atoms with Crippen LogP contribution in [0, 0.1) is 0 Å². The quantitative estimate of drug-likeness (QED) is 0.575. The molecule has 2 heteroatoms. The van der Waals surface area contributed by atoms with Crippen molar-refractivity contribution in [1.82, 2.24) is 0 Å². The Hall–Kier alpha value is -1.28. The molecule has 2 aromatic rings. The van der Waals surface area contributed by atoms with E-state index in [1.807, 2.05) is 12.2 Å². The lowest BCUT2D eigenvalue weighted by molar-refractivity contribution is 1.12. The van der Waals surface area contributed by atoms with Gasteiger partial charge in [-0.3, -0.25) is 0 Å². The van der Waals surface area contributed by atoms with E-state index in [1.165, 1.54) is 11.1 Å². The van der Waals surface area contributed by atoms with Gasteiger partial charge in [0.1, 0.15) is 0 Å². The molecule has 80 valence electrons. The standard InChI is InChI=1S/C15H10BBr/c16-15(9-10-15)13-5-1-11(2-6-13)12-3-7-14(17)8-4-12/h1-10H. The van der Waals surface area contributed by atoms with Crippen LogP contribution in [0.3, 0.4) is 0 Å². The lowest BCUT2D eigenvalue weighted by Gasteiger charge is -2.11. The molecule has 0 saturated carbocycles. The topological polar surface area (TPSA) is 0 Å². The van der Waals surface area contributed by atoms with Crippen molar-refractivity contribution >= 4 is 23.8 Å². The summed E-state index contributed by atoms with van der Waals surface area (Å²) in [6.45, 7) is 0. The maximum absolute atomic E-state index is 6.06. The summed E-state index contributed by atoms with van der Waals surface area (Å²) in [5.74, 6) is 0. The van der Waals surface area contributed by atoms with Crippen molar-refractivity contribution in [3.05, 3.63) is 70.7 Å². The molecule has 0 nitrogen and oxygen atoms in total. The molecule has 2 aromatic carbocycles. The summed E-state index contributed by atoms with van der Waals surface area (Å²) >= 11 is 3.44. The molecule has 0 aliphatic heterocycles. The minimum Gasteiger partial charge on any atom is -0.0827 e. The minimum absolute atomic E-state index is 0.280. The Bertz CT molecular complexity index is 561. The van der Waals surface area contributed by atoms with E-state index >= 15 is 0 Å². The Balaban J connectivity index is 1.92. The van der Waals surface area contributed by atoms with Crippen molar-refractivity contribution in [2.24, 2.45) is 0 Å². The lowest BCUT2D eigenvalue weighted by atomic mass is 9.75. The Morgan fingerprint density at radius 1 is 0.765 bits per heavy atom. The highest BCUT2D eigenvalue weighted by atomic mass is 79.9. The molecule has 0 atom stereocenters. The zero-order chi connectivity index (χ0) is 11.9. The van der Waals surface area contributed by atoms with Crippen molar-refractivity contribution < 1.29 is 0 Å². The highest BCUT2D eigenvalue weighted by Crippen LogP contribution is 2.35. The zero-order valence-corrected chi connectivity index (χ0v) is 10.8. The number of hydrogen-bond acceptors (Lipinski definition) is 0. The first kappa shape index (κ1) is 10.9. The lowest BCUT2D eigenvalue weighted by Crippen LogP contribution is -2.06. The molecule has 2 radical (unpaired) electrons. The predicted molar refractivity (Wildman–Crippen MR) is 76.2 cm³/mol. The predicted octanol–water partition coefficient (Wildman–Crippen LogP) is 4.05. The van der Waals surface area contributed by atoms with Gasteiger partial charge < -0.3 is 0 Å². The van der Waals surface area contributed by atoms with Gasteiger partial charge in [0.2, 0.25) is 0 Å². The van der Waals surface area contributed by atoms with Crippen LogP contribution >= 0.6 is 15.9 Å². The Morgan fingerprint density at radius 2 is 1.24 bits per heavy atom. The van der Waals surface area contributed by atoms with E-state index in [0.717, 1.165) is 10.0 Å². The number of benzene rings is 2. The second-order valence-electron chi connectivity index (χ2n) is 4.35. The highest BCUT2D eigenvalue weighted by molar-refractivity contribution is 9.10. The molecule has 1 aliphatic carbocycles. The van der Waals surface area contributed by atoms with E-state index in [0.29, 0.717) is 0 Å². The third-order valence-corrected chi connectivity index (χ3v) is 3.62. The number of rotatable bonds is 2. The fourth-order valence-electron chi connectivity index (χ4n) is 1.88. The van der Waals surface area contributed by atoms with Gasteiger partial charge in [-0.2, -0.15) is 0 Å². The van der Waals surface area contributed by atoms with Crippen LogP contribution in [0.25, 0.3) is 11.1 Å². The van der Waals surface area contributed by atoms with Crippen LogP contribution in [0.4, 0.5) is 0 Å². The van der Waals surface area contributed by atoms with Gasteiger partial charge in [-0.05, 0) is 34.1 Å². The highest BCUT2D eigenvalue weighted by Gasteiger charge is 2.28. The number of halogens is 1. The first-order chi connectivity index (χ1) is 8.17. The molecule has 0 fully saturated rings. The number of hydrogen-bond donors (Lipinski definition) is 0. The first-order valence-electron chi connectivity index (χ1n) is 5.53. The molecule has 0 N–H and O–H groups in total. The molecule has 0 aromatic heterocycles. The Morgan fingerprint density at radius 3 is 1.71 bits per heavy atom. The third kappa shape index (κ3) is 2.10. The molecule has 1 aliphatic rings. The van der Waals surface area contributed by atoms with Crippen LogP contribution in [0.5, 0.6) is 0 Å². The summed E-state index contributed by atoms with van der Waals surface area (Å²) in [5, 5.41) is -0.280. The molecule has 0 saturated heterocycles. The minimum atomic E-state index is -0.280. The van der Waals surface area contributed by atoms with Crippen LogP contribution in [0.2, 0.25) is 0 Å². The summed E-state index contributed by atoms with van der Waals surface area (Å²) in [7, 11) is 6.06. The molecule has 0 spiro atoms. The zero-order valence-electron chi connectivity index (χ0n) is 9.23. The van der Waals surface area contributed by atoms with Gasteiger partial charge in [-0.15, -0.1) is 0 Å². The summed E-state index contributed by atoms with van der Waals surface area (Å²) in [6.07, 6.45) is 4.03. The first-order valence-corrected chi connectivity index (χ1v) is 6.32. The smallest absolute Gasteiger partial charge is 0.0827 e. The maximum atomic E-state index is 6.06. The van der Waals surface area contributed by atoms with Crippen LogP contribution in [0.15, 0.2) is 65.2 Å². The van der Waals surface area contributed by atoms with E-state index in [9.17, 15) is 0 Å². The molecule has 3 rings (SSSR count). The van der Waals surface area contributed by atoms with Gasteiger partial charge in [-0.1, -0.05) is 64.5 Å². The normalized spacial score (nSPS) is 15.8. The Labute approximate surface area is 111 Å². The molecule has 0 heterocycles. The second-order valence-corrected chi connectivity index (χ2v) is 5.27. The van der Waals surface area contributed by atoms with Gasteiger partial charge >= 0.3 is 0 Å². The fraction of sp³-hybridized carbons (Fsp3) is 0.0667. The third-order valence-electron chi connectivity index (χ3n) is 3.09. The van der Waals surface area contributed by atoms with E-state index < -0.39 is 0 Å². The largest absolute Gasteiger partial charge is 0.0923 e. The van der Waals surface area contributed by atoms with Gasteiger partial charge in [0, 0.05) is 4.47 Å². The van der Waals surface area contributed by atoms with Crippen molar-refractivity contribution in [3.63, 3.8) is 0 Å². The van der Waals surface area contributed by atoms with Gasteiger partial charge in [0.05, 0.1) is 7.85 Å². The Kier molecular flexibility index (Phi) is 2.48. The average Bonchev–Trinajstić information content (AvgIpc) is 3.10. The van der Waals surface area contributed by atoms with E-state index in [1.54, 1.807) is 0 Å². The summed E-state index contributed by atoms with van der Waals surface area (Å²) in [4.78, 5) is 0. The fourth-order valence-corrected chi connectivity index (χ4v) is 2.14. The molecular weight excluding hydrogens is 271 g/mol. The van der Waals surface area contributed by atoms with Crippen LogP contribution in [0.1, 0.15) is 5.56 Å². The SMILES string of the molecule is [B]C1(c2ccc(-c3ccc(Br)cc3)cc2)C=C1. The van der Waals surface area contributed by atoms with Crippen molar-refractivity contribution in [2.75, 3.05) is 0 Å². The summed E-state index contributed by atoms with van der Waals surface area (Å²) in [6, 6.07) is 16.7. The monoisotopic (exact) mass is 280 g/mol. The van der Waals surface area contributed by atoms with Gasteiger partial charge in [-0.25, -0.2) is 0 Å². The molecule has 0 amide bonds. The summed E-state index contributed by atoms with van der Waals surface area (Å²) in [5.41, 5.74) is 3.58. The van der Waals surface area contributed by atoms with Gasteiger partial charge in [0.15, 0.2) is 0 Å². The maximum Gasteiger partial charge on any atom is 0.0923 e. The molecule has 0 bridgehead atoms. The molecular formula is C15H10BBr. The van der Waals surface area contributed by atoms with E-state index in [2.05, 4.69) is 64.5 Å². The number of allylic oxidation sites excluding steroid dienone is 2. The molecule has 17 heavy (non-hydrogen) atoms.